The SMILES string of the molecule is CCC(C)CC(=O)NC(C)c1cccc(C#CCN)c1. The van der Waals surface area contributed by atoms with Crippen molar-refractivity contribution in [3.05, 3.63) is 35.4 Å². The molecule has 0 saturated carbocycles. The fourth-order valence-corrected chi connectivity index (χ4v) is 1.88. The zero-order valence-electron chi connectivity index (χ0n) is 12.6. The Balaban J connectivity index is 2.67. The molecular formula is C17H24N2O. The number of hydrogen-bond donors (Lipinski definition) is 2. The van der Waals surface area contributed by atoms with Crippen molar-refractivity contribution in [1.29, 1.82) is 0 Å². The fraction of sp³-hybridized carbons (Fsp3) is 0.471. The molecule has 0 aromatic heterocycles. The predicted molar refractivity (Wildman–Crippen MR) is 83.0 cm³/mol. The molecule has 1 aromatic carbocycles. The van der Waals surface area contributed by atoms with Crippen LogP contribution in [-0.2, 0) is 4.79 Å². The first-order valence-corrected chi connectivity index (χ1v) is 7.15. The lowest BCUT2D eigenvalue weighted by Gasteiger charge is -2.16. The van der Waals surface area contributed by atoms with Crippen LogP contribution in [0.2, 0.25) is 0 Å². The highest BCUT2D eigenvalue weighted by Gasteiger charge is 2.12. The third-order valence-corrected chi connectivity index (χ3v) is 3.33. The normalized spacial score (nSPS) is 13.0. The quantitative estimate of drug-likeness (QED) is 0.810. The standard InChI is InChI=1S/C17H24N2O/c1-4-13(2)11-17(20)19-14(3)16-9-5-7-15(12-16)8-6-10-18/h5,7,9,12-14H,4,10-11,18H2,1-3H3,(H,19,20). The minimum Gasteiger partial charge on any atom is -0.350 e. The molecule has 1 amide bonds. The Hall–Kier alpha value is -1.79. The number of nitrogens with two attached hydrogens (primary N) is 1. The maximum Gasteiger partial charge on any atom is 0.220 e. The van der Waals surface area contributed by atoms with Gasteiger partial charge >= 0.3 is 0 Å². The molecule has 1 aromatic rings. The van der Waals surface area contributed by atoms with Crippen LogP contribution in [0, 0.1) is 17.8 Å². The lowest BCUT2D eigenvalue weighted by atomic mass is 10.0. The second-order valence-corrected chi connectivity index (χ2v) is 5.14. The molecule has 2 unspecified atom stereocenters. The summed E-state index contributed by atoms with van der Waals surface area (Å²) in [5, 5.41) is 3.03. The lowest BCUT2D eigenvalue weighted by molar-refractivity contribution is -0.122. The van der Waals surface area contributed by atoms with E-state index in [4.69, 9.17) is 5.73 Å². The monoisotopic (exact) mass is 272 g/mol. The first-order chi connectivity index (χ1) is 9.56. The Labute approximate surface area is 121 Å². The van der Waals surface area contributed by atoms with Gasteiger partial charge in [0, 0.05) is 12.0 Å². The van der Waals surface area contributed by atoms with Gasteiger partial charge in [-0.2, -0.15) is 0 Å². The van der Waals surface area contributed by atoms with E-state index < -0.39 is 0 Å². The number of carbonyl (C=O) groups is 1. The Morgan fingerprint density at radius 3 is 2.80 bits per heavy atom. The zero-order valence-corrected chi connectivity index (χ0v) is 12.6. The third kappa shape index (κ3) is 5.46. The Morgan fingerprint density at radius 1 is 1.40 bits per heavy atom. The van der Waals surface area contributed by atoms with Gasteiger partial charge in [0.2, 0.25) is 5.91 Å². The molecule has 0 fully saturated rings. The van der Waals surface area contributed by atoms with E-state index in [0.29, 0.717) is 18.9 Å². The number of hydrogen-bond acceptors (Lipinski definition) is 2. The maximum absolute atomic E-state index is 11.9. The Kier molecular flexibility index (Phi) is 6.83. The van der Waals surface area contributed by atoms with Crippen molar-refractivity contribution in [2.75, 3.05) is 6.54 Å². The van der Waals surface area contributed by atoms with Crippen LogP contribution in [0.5, 0.6) is 0 Å². The van der Waals surface area contributed by atoms with E-state index in [1.165, 1.54) is 0 Å². The maximum atomic E-state index is 11.9. The van der Waals surface area contributed by atoms with Crippen LogP contribution < -0.4 is 11.1 Å². The van der Waals surface area contributed by atoms with Crippen molar-refractivity contribution in [1.82, 2.24) is 5.32 Å². The Morgan fingerprint density at radius 2 is 2.15 bits per heavy atom. The summed E-state index contributed by atoms with van der Waals surface area (Å²) < 4.78 is 0. The summed E-state index contributed by atoms with van der Waals surface area (Å²) in [5.74, 6) is 6.36. The zero-order chi connectivity index (χ0) is 15.0. The molecule has 0 aliphatic heterocycles. The summed E-state index contributed by atoms with van der Waals surface area (Å²) in [6.45, 7) is 6.53. The van der Waals surface area contributed by atoms with Crippen LogP contribution >= 0.6 is 0 Å². The van der Waals surface area contributed by atoms with Gasteiger partial charge in [0.05, 0.1) is 12.6 Å². The minimum atomic E-state index is -0.00816. The van der Waals surface area contributed by atoms with E-state index in [1.807, 2.05) is 31.2 Å². The van der Waals surface area contributed by atoms with Crippen molar-refractivity contribution in [2.45, 2.75) is 39.7 Å². The molecule has 0 aliphatic carbocycles. The molecule has 0 heterocycles. The van der Waals surface area contributed by atoms with E-state index in [0.717, 1.165) is 17.5 Å². The molecule has 20 heavy (non-hydrogen) atoms. The smallest absolute Gasteiger partial charge is 0.220 e. The molecule has 0 bridgehead atoms. The van der Waals surface area contributed by atoms with Crippen LogP contribution in [0.4, 0.5) is 0 Å². The summed E-state index contributed by atoms with van der Waals surface area (Å²) in [6, 6.07) is 7.89. The minimum absolute atomic E-state index is 0.00816. The van der Waals surface area contributed by atoms with E-state index in [9.17, 15) is 4.79 Å². The lowest BCUT2D eigenvalue weighted by Crippen LogP contribution is -2.27. The second-order valence-electron chi connectivity index (χ2n) is 5.14. The first kappa shape index (κ1) is 16.3. The first-order valence-electron chi connectivity index (χ1n) is 7.15. The number of benzene rings is 1. The number of nitrogens with one attached hydrogen (secondary N) is 1. The van der Waals surface area contributed by atoms with Crippen LogP contribution in [0.3, 0.4) is 0 Å². The second kappa shape index (κ2) is 8.39. The molecule has 3 N–H and O–H groups in total. The molecule has 0 radical (unpaired) electrons. The summed E-state index contributed by atoms with van der Waals surface area (Å²) in [7, 11) is 0. The van der Waals surface area contributed by atoms with E-state index in [1.54, 1.807) is 0 Å². The van der Waals surface area contributed by atoms with Crippen molar-refractivity contribution < 1.29 is 4.79 Å². The van der Waals surface area contributed by atoms with Crippen molar-refractivity contribution >= 4 is 5.91 Å². The highest BCUT2D eigenvalue weighted by molar-refractivity contribution is 5.76. The average Bonchev–Trinajstić information content (AvgIpc) is 2.45. The van der Waals surface area contributed by atoms with Gasteiger partial charge in [-0.15, -0.1) is 0 Å². The van der Waals surface area contributed by atoms with Gasteiger partial charge in [-0.05, 0) is 30.5 Å². The summed E-state index contributed by atoms with van der Waals surface area (Å²) >= 11 is 0. The average molecular weight is 272 g/mol. The molecule has 1 rings (SSSR count). The van der Waals surface area contributed by atoms with Crippen LogP contribution in [0.15, 0.2) is 24.3 Å². The largest absolute Gasteiger partial charge is 0.350 e. The number of rotatable bonds is 5. The molecule has 3 nitrogen and oxygen atoms in total. The molecular weight excluding hydrogens is 248 g/mol. The summed E-state index contributed by atoms with van der Waals surface area (Å²) in [5.41, 5.74) is 7.36. The van der Waals surface area contributed by atoms with E-state index in [-0.39, 0.29) is 11.9 Å². The van der Waals surface area contributed by atoms with E-state index in [2.05, 4.69) is 31.0 Å². The molecule has 2 atom stereocenters. The summed E-state index contributed by atoms with van der Waals surface area (Å²) in [6.07, 6.45) is 1.60. The van der Waals surface area contributed by atoms with Gasteiger partial charge < -0.3 is 11.1 Å². The fourth-order valence-electron chi connectivity index (χ4n) is 1.88. The molecule has 3 heteroatoms. The van der Waals surface area contributed by atoms with Gasteiger partial charge in [-0.25, -0.2) is 0 Å². The molecule has 0 aliphatic rings. The highest BCUT2D eigenvalue weighted by Crippen LogP contribution is 2.15. The van der Waals surface area contributed by atoms with Crippen molar-refractivity contribution in [3.8, 4) is 11.8 Å². The van der Waals surface area contributed by atoms with Gasteiger partial charge in [-0.3, -0.25) is 4.79 Å². The van der Waals surface area contributed by atoms with Crippen LogP contribution in [0.25, 0.3) is 0 Å². The molecule has 0 spiro atoms. The van der Waals surface area contributed by atoms with Gasteiger partial charge in [0.25, 0.3) is 0 Å². The van der Waals surface area contributed by atoms with E-state index >= 15 is 0 Å². The molecule has 108 valence electrons. The highest BCUT2D eigenvalue weighted by atomic mass is 16.1. The van der Waals surface area contributed by atoms with Crippen LogP contribution in [-0.4, -0.2) is 12.5 Å². The van der Waals surface area contributed by atoms with Gasteiger partial charge in [-0.1, -0.05) is 44.2 Å². The van der Waals surface area contributed by atoms with Crippen molar-refractivity contribution in [2.24, 2.45) is 11.7 Å². The molecule has 0 saturated heterocycles. The topological polar surface area (TPSA) is 55.1 Å². The van der Waals surface area contributed by atoms with Gasteiger partial charge in [0.15, 0.2) is 0 Å². The van der Waals surface area contributed by atoms with Crippen molar-refractivity contribution in [3.63, 3.8) is 0 Å². The number of amides is 1. The predicted octanol–water partition coefficient (Wildman–Crippen LogP) is 2.61. The van der Waals surface area contributed by atoms with Crippen LogP contribution in [0.1, 0.15) is 50.8 Å². The Bertz CT molecular complexity index is 499. The number of carbonyl (C=O) groups excluding carboxylic acids is 1. The third-order valence-electron chi connectivity index (χ3n) is 3.33. The summed E-state index contributed by atoms with van der Waals surface area (Å²) in [4.78, 5) is 11.9. The van der Waals surface area contributed by atoms with Gasteiger partial charge in [0.1, 0.15) is 0 Å².